The summed E-state index contributed by atoms with van der Waals surface area (Å²) >= 11 is 0. The number of nitrogens with zero attached hydrogens (tertiary/aromatic N) is 1. The summed E-state index contributed by atoms with van der Waals surface area (Å²) in [5.74, 6) is 0. The first-order chi connectivity index (χ1) is 7.88. The minimum absolute atomic E-state index is 0. The first-order valence-electron chi connectivity index (χ1n) is 4.40. The van der Waals surface area contributed by atoms with Gasteiger partial charge in [0, 0.05) is 6.20 Å². The maximum Gasteiger partial charge on any atom is 1.00 e. The van der Waals surface area contributed by atoms with Gasteiger partial charge in [-0.15, -0.1) is 0 Å². The van der Waals surface area contributed by atoms with Gasteiger partial charge in [-0.1, -0.05) is 5.16 Å². The fourth-order valence-corrected chi connectivity index (χ4v) is 1.14. The van der Waals surface area contributed by atoms with E-state index >= 15 is 0 Å². The van der Waals surface area contributed by atoms with Gasteiger partial charge in [0.2, 0.25) is 0 Å². The first-order valence-corrected chi connectivity index (χ1v) is 6.20. The van der Waals surface area contributed by atoms with Crippen molar-refractivity contribution in [2.45, 2.75) is 0 Å². The third-order valence-corrected chi connectivity index (χ3v) is 2.35. The molecule has 0 radical (unpaired) electrons. The van der Waals surface area contributed by atoms with Gasteiger partial charge >= 0.3 is 42.8 Å². The molecule has 1 heterocycles. The van der Waals surface area contributed by atoms with Gasteiger partial charge < -0.3 is 19.6 Å². The van der Waals surface area contributed by atoms with Crippen LogP contribution in [0.5, 0.6) is 0 Å². The second-order valence-corrected chi connectivity index (χ2v) is 4.76. The summed E-state index contributed by atoms with van der Waals surface area (Å²) in [6.07, 6.45) is 1.69. The smallest absolute Gasteiger partial charge is 0.395 e. The summed E-state index contributed by atoms with van der Waals surface area (Å²) in [6, 6.07) is 0. The van der Waals surface area contributed by atoms with Crippen molar-refractivity contribution < 1.29 is 48.7 Å². The molecule has 18 heavy (non-hydrogen) atoms. The molecule has 0 atom stereocenters. The van der Waals surface area contributed by atoms with E-state index in [1.165, 1.54) is 0 Å². The zero-order valence-electron chi connectivity index (χ0n) is 9.49. The molecular formula is C7H10N3NaO6P+. The summed E-state index contributed by atoms with van der Waals surface area (Å²) in [7, 11) is -4.11. The van der Waals surface area contributed by atoms with Gasteiger partial charge in [-0.05, 0) is 0 Å². The van der Waals surface area contributed by atoms with E-state index in [2.05, 4.69) is 15.0 Å². The Morgan fingerprint density at radius 2 is 2.11 bits per heavy atom. The summed E-state index contributed by atoms with van der Waals surface area (Å²) in [4.78, 5) is 47.5. The standard InChI is InChI=1S/C7H10N3O6P.Na/c11-6-5(3-8-7(12)10-6)4-9-16-1-2-17(13,14)15;/h3-4H,1-2H2,(H2,13,14,15)(H2,8,10,11,12);/q;+1/b9-4-;. The van der Waals surface area contributed by atoms with Crippen molar-refractivity contribution in [2.24, 2.45) is 5.16 Å². The predicted octanol–water partition coefficient (Wildman–Crippen LogP) is -4.40. The van der Waals surface area contributed by atoms with Gasteiger partial charge in [0.15, 0.2) is 0 Å². The Kier molecular flexibility index (Phi) is 7.37. The molecule has 1 aromatic heterocycles. The Morgan fingerprint density at radius 1 is 1.44 bits per heavy atom. The zero-order chi connectivity index (χ0) is 12.9. The number of H-pyrrole nitrogens is 2. The van der Waals surface area contributed by atoms with E-state index in [9.17, 15) is 14.2 Å². The molecule has 0 aromatic carbocycles. The third-order valence-electron chi connectivity index (χ3n) is 1.59. The number of hydrogen-bond acceptors (Lipinski definition) is 5. The molecule has 0 spiro atoms. The SMILES string of the molecule is O=c1[nH]cc(/C=N\OCCP(=O)(O)O)c(=O)[nH]1.[Na+]. The molecule has 0 bridgehead atoms. The predicted molar refractivity (Wildman–Crippen MR) is 58.1 cm³/mol. The van der Waals surface area contributed by atoms with Crippen molar-refractivity contribution in [2.75, 3.05) is 12.8 Å². The van der Waals surface area contributed by atoms with Crippen molar-refractivity contribution in [1.82, 2.24) is 9.97 Å². The van der Waals surface area contributed by atoms with Gasteiger partial charge in [-0.2, -0.15) is 0 Å². The van der Waals surface area contributed by atoms with Crippen LogP contribution >= 0.6 is 7.60 Å². The molecule has 94 valence electrons. The Hall–Kier alpha value is -0.700. The van der Waals surface area contributed by atoms with Crippen LogP contribution in [0.2, 0.25) is 0 Å². The van der Waals surface area contributed by atoms with Crippen LogP contribution in [0, 0.1) is 0 Å². The summed E-state index contributed by atoms with van der Waals surface area (Å²) < 4.78 is 10.4. The zero-order valence-corrected chi connectivity index (χ0v) is 12.4. The fourth-order valence-electron chi connectivity index (χ4n) is 0.823. The van der Waals surface area contributed by atoms with Crippen LogP contribution in [0.25, 0.3) is 0 Å². The topological polar surface area (TPSA) is 145 Å². The molecule has 0 aliphatic rings. The minimum Gasteiger partial charge on any atom is -0.395 e. The molecular weight excluding hydrogens is 276 g/mol. The van der Waals surface area contributed by atoms with E-state index in [0.29, 0.717) is 0 Å². The van der Waals surface area contributed by atoms with E-state index in [-0.39, 0.29) is 41.7 Å². The van der Waals surface area contributed by atoms with Gasteiger partial charge in [0.25, 0.3) is 5.56 Å². The molecule has 11 heteroatoms. The van der Waals surface area contributed by atoms with Gasteiger partial charge in [0.1, 0.15) is 6.61 Å². The second-order valence-electron chi connectivity index (χ2n) is 2.98. The Bertz CT molecular complexity index is 561. The number of aromatic nitrogens is 2. The molecule has 1 aromatic rings. The van der Waals surface area contributed by atoms with Crippen LogP contribution in [0.4, 0.5) is 0 Å². The van der Waals surface area contributed by atoms with Crippen molar-refractivity contribution in [3.8, 4) is 0 Å². The van der Waals surface area contributed by atoms with Crippen LogP contribution in [-0.2, 0) is 9.40 Å². The van der Waals surface area contributed by atoms with Crippen molar-refractivity contribution in [3.63, 3.8) is 0 Å². The van der Waals surface area contributed by atoms with Crippen molar-refractivity contribution in [3.05, 3.63) is 32.6 Å². The van der Waals surface area contributed by atoms with E-state index in [1.807, 2.05) is 4.98 Å². The largest absolute Gasteiger partial charge is 1.00 e. The molecule has 0 aliphatic heterocycles. The molecule has 0 fully saturated rings. The number of rotatable bonds is 5. The van der Waals surface area contributed by atoms with Crippen LogP contribution in [0.1, 0.15) is 5.56 Å². The molecule has 0 saturated heterocycles. The van der Waals surface area contributed by atoms with Crippen LogP contribution in [0.15, 0.2) is 20.9 Å². The van der Waals surface area contributed by atoms with Crippen molar-refractivity contribution in [1.29, 1.82) is 0 Å². The van der Waals surface area contributed by atoms with Gasteiger partial charge in [0.05, 0.1) is 17.9 Å². The molecule has 0 amide bonds. The van der Waals surface area contributed by atoms with Crippen LogP contribution < -0.4 is 40.8 Å². The van der Waals surface area contributed by atoms with Crippen molar-refractivity contribution >= 4 is 13.8 Å². The number of oxime groups is 1. The number of hydrogen-bond donors (Lipinski definition) is 4. The normalized spacial score (nSPS) is 11.2. The minimum atomic E-state index is -4.11. The maximum absolute atomic E-state index is 11.1. The first kappa shape index (κ1) is 17.3. The van der Waals surface area contributed by atoms with Gasteiger partial charge in [-0.25, -0.2) is 4.79 Å². The molecule has 1 rings (SSSR count). The van der Waals surface area contributed by atoms with E-state index < -0.39 is 25.0 Å². The molecule has 9 nitrogen and oxygen atoms in total. The maximum atomic E-state index is 11.1. The Morgan fingerprint density at radius 3 is 2.67 bits per heavy atom. The van der Waals surface area contributed by atoms with E-state index in [1.54, 1.807) is 0 Å². The number of nitrogens with one attached hydrogen (secondary N) is 2. The second kappa shape index (κ2) is 7.67. The summed E-state index contributed by atoms with van der Waals surface area (Å²) in [5, 5.41) is 3.32. The quantitative estimate of drug-likeness (QED) is 0.141. The van der Waals surface area contributed by atoms with E-state index in [0.717, 1.165) is 12.4 Å². The fraction of sp³-hybridized carbons (Fsp3) is 0.286. The average Bonchev–Trinajstić information content (AvgIpc) is 2.18. The van der Waals surface area contributed by atoms with Crippen LogP contribution in [0.3, 0.4) is 0 Å². The van der Waals surface area contributed by atoms with E-state index in [4.69, 9.17) is 9.79 Å². The van der Waals surface area contributed by atoms with Gasteiger partial charge in [-0.3, -0.25) is 14.3 Å². The molecule has 4 N–H and O–H groups in total. The monoisotopic (exact) mass is 286 g/mol. The molecule has 0 aliphatic carbocycles. The number of aromatic amines is 2. The summed E-state index contributed by atoms with van der Waals surface area (Å²) in [5.41, 5.74) is -1.23. The molecule has 0 saturated carbocycles. The third kappa shape index (κ3) is 6.90. The van der Waals surface area contributed by atoms with Crippen LogP contribution in [-0.4, -0.2) is 38.7 Å². The Labute approximate surface area is 123 Å². The molecule has 0 unspecified atom stereocenters. The average molecular weight is 286 g/mol. The Balaban J connectivity index is 0.00000289. The summed E-state index contributed by atoms with van der Waals surface area (Å²) in [6.45, 7) is -0.276.